The van der Waals surface area contributed by atoms with Crippen LogP contribution in [0.1, 0.15) is 27.0 Å². The minimum Gasteiger partial charge on any atom is -0.503 e. The Hall–Kier alpha value is -3.26. The van der Waals surface area contributed by atoms with Crippen LogP contribution >= 0.6 is 11.3 Å². The molecule has 27 heavy (non-hydrogen) atoms. The van der Waals surface area contributed by atoms with Gasteiger partial charge in [0.25, 0.3) is 5.91 Å². The largest absolute Gasteiger partial charge is 0.503 e. The summed E-state index contributed by atoms with van der Waals surface area (Å²) < 4.78 is 18.4. The van der Waals surface area contributed by atoms with Gasteiger partial charge in [-0.3, -0.25) is 14.5 Å². The van der Waals surface area contributed by atoms with Gasteiger partial charge in [0.2, 0.25) is 5.78 Å². The Morgan fingerprint density at radius 3 is 2.63 bits per heavy atom. The highest BCUT2D eigenvalue weighted by molar-refractivity contribution is 7.12. The number of anilines is 1. The summed E-state index contributed by atoms with van der Waals surface area (Å²) in [5.74, 6) is -1.71. The highest BCUT2D eigenvalue weighted by Gasteiger charge is 2.45. The molecule has 6 nitrogen and oxygen atoms in total. The van der Waals surface area contributed by atoms with Crippen molar-refractivity contribution in [2.45, 2.75) is 13.0 Å². The van der Waals surface area contributed by atoms with E-state index in [9.17, 15) is 19.1 Å². The Morgan fingerprint density at radius 1 is 1.30 bits per heavy atom. The summed E-state index contributed by atoms with van der Waals surface area (Å²) in [6, 6.07) is 9.29. The van der Waals surface area contributed by atoms with Gasteiger partial charge in [0, 0.05) is 6.07 Å². The Kier molecular flexibility index (Phi) is 4.12. The fourth-order valence-electron chi connectivity index (χ4n) is 3.04. The number of amides is 1. The van der Waals surface area contributed by atoms with Crippen LogP contribution in [0.5, 0.6) is 0 Å². The molecule has 0 bridgehead atoms. The molecule has 1 aliphatic rings. The van der Waals surface area contributed by atoms with Crippen LogP contribution in [0.2, 0.25) is 0 Å². The molecule has 4 rings (SSSR count). The Bertz CT molecular complexity index is 1050. The van der Waals surface area contributed by atoms with Crippen molar-refractivity contribution < 1.29 is 23.6 Å². The fourth-order valence-corrected chi connectivity index (χ4v) is 3.72. The number of Topliss-reactive ketones (excluding diaryl/α,β-unsaturated/α-hetero) is 1. The summed E-state index contributed by atoms with van der Waals surface area (Å²) in [7, 11) is 0. The lowest BCUT2D eigenvalue weighted by molar-refractivity contribution is -0.117. The monoisotopic (exact) mass is 384 g/mol. The zero-order valence-electron chi connectivity index (χ0n) is 14.0. The lowest BCUT2D eigenvalue weighted by Crippen LogP contribution is -2.31. The van der Waals surface area contributed by atoms with Gasteiger partial charge in [0.05, 0.1) is 16.5 Å². The molecule has 0 fully saturated rings. The van der Waals surface area contributed by atoms with E-state index in [2.05, 4.69) is 5.16 Å². The van der Waals surface area contributed by atoms with Crippen LogP contribution in [0.4, 0.5) is 10.2 Å². The number of thiophene rings is 1. The average molecular weight is 384 g/mol. The molecule has 1 aliphatic heterocycles. The predicted octanol–water partition coefficient (Wildman–Crippen LogP) is 3.97. The van der Waals surface area contributed by atoms with Gasteiger partial charge in [-0.25, -0.2) is 4.39 Å². The maximum atomic E-state index is 13.4. The predicted molar refractivity (Wildman–Crippen MR) is 96.2 cm³/mol. The number of halogens is 1. The first-order valence-corrected chi connectivity index (χ1v) is 8.89. The quantitative estimate of drug-likeness (QED) is 0.688. The second kappa shape index (κ2) is 6.48. The molecule has 3 heterocycles. The lowest BCUT2D eigenvalue weighted by Gasteiger charge is -2.24. The number of aliphatic hydroxyl groups is 1. The van der Waals surface area contributed by atoms with Crippen molar-refractivity contribution >= 4 is 28.8 Å². The van der Waals surface area contributed by atoms with Gasteiger partial charge in [-0.15, -0.1) is 11.3 Å². The summed E-state index contributed by atoms with van der Waals surface area (Å²) in [6.07, 6.45) is 0. The fraction of sp³-hybridized carbons (Fsp3) is 0.105. The number of carbonyl (C=O) groups excluding carboxylic acids is 2. The number of nitrogens with zero attached hydrogens (tertiary/aromatic N) is 2. The molecule has 8 heteroatoms. The van der Waals surface area contributed by atoms with E-state index in [1.807, 2.05) is 0 Å². The number of ketones is 1. The number of hydrogen-bond donors (Lipinski definition) is 1. The molecule has 0 saturated carbocycles. The molecule has 1 amide bonds. The maximum absolute atomic E-state index is 13.4. The van der Waals surface area contributed by atoms with Crippen LogP contribution in [-0.2, 0) is 4.79 Å². The molecule has 0 saturated heterocycles. The first-order chi connectivity index (χ1) is 13.0. The number of aryl methyl sites for hydroxylation is 1. The van der Waals surface area contributed by atoms with Crippen LogP contribution in [-0.4, -0.2) is 22.0 Å². The average Bonchev–Trinajstić information content (AvgIpc) is 3.37. The van der Waals surface area contributed by atoms with Crippen LogP contribution in [0.15, 0.2) is 63.7 Å². The number of rotatable bonds is 4. The second-order valence-corrected chi connectivity index (χ2v) is 6.94. The standard InChI is InChI=1S/C19H13FN2O4S/c1-10-9-14(21-26-10)22-16(11-4-6-12(20)7-5-11)15(18(24)19(22)25)17(23)13-3-2-8-27-13/h2-9,16,24H,1H3/t16-/m0/s1. The van der Waals surface area contributed by atoms with Crippen molar-refractivity contribution in [1.29, 1.82) is 0 Å². The lowest BCUT2D eigenvalue weighted by atomic mass is 9.95. The molecule has 136 valence electrons. The van der Waals surface area contributed by atoms with E-state index < -0.39 is 29.3 Å². The highest BCUT2D eigenvalue weighted by Crippen LogP contribution is 2.42. The first kappa shape index (κ1) is 17.2. The van der Waals surface area contributed by atoms with Gasteiger partial charge in [-0.05, 0) is 36.1 Å². The molecule has 1 aromatic carbocycles. The third kappa shape index (κ3) is 2.83. The molecule has 3 aromatic rings. The number of benzene rings is 1. The minimum atomic E-state index is -0.947. The van der Waals surface area contributed by atoms with Gasteiger partial charge in [0.1, 0.15) is 11.6 Å². The molecule has 2 aromatic heterocycles. The normalized spacial score (nSPS) is 17.0. The Labute approximate surface area is 157 Å². The molecule has 0 radical (unpaired) electrons. The second-order valence-electron chi connectivity index (χ2n) is 5.99. The Balaban J connectivity index is 1.88. The van der Waals surface area contributed by atoms with E-state index in [-0.39, 0.29) is 11.4 Å². The first-order valence-electron chi connectivity index (χ1n) is 8.01. The Morgan fingerprint density at radius 2 is 2.04 bits per heavy atom. The van der Waals surface area contributed by atoms with Crippen molar-refractivity contribution in [2.75, 3.05) is 4.90 Å². The zero-order valence-corrected chi connectivity index (χ0v) is 14.9. The summed E-state index contributed by atoms with van der Waals surface area (Å²) in [4.78, 5) is 27.3. The van der Waals surface area contributed by atoms with E-state index in [1.165, 1.54) is 46.6 Å². The van der Waals surface area contributed by atoms with Gasteiger partial charge < -0.3 is 9.63 Å². The van der Waals surface area contributed by atoms with Crippen LogP contribution in [0, 0.1) is 12.7 Å². The van der Waals surface area contributed by atoms with Crippen LogP contribution < -0.4 is 4.90 Å². The number of hydrogen-bond acceptors (Lipinski definition) is 6. The molecule has 0 spiro atoms. The SMILES string of the molecule is Cc1cc(N2C(=O)C(O)=C(C(=O)c3cccs3)[C@@H]2c2ccc(F)cc2)no1. The molecule has 1 N–H and O–H groups in total. The summed E-state index contributed by atoms with van der Waals surface area (Å²) in [5.41, 5.74) is 0.393. The van der Waals surface area contributed by atoms with Gasteiger partial charge in [-0.2, -0.15) is 0 Å². The highest BCUT2D eigenvalue weighted by atomic mass is 32.1. The van der Waals surface area contributed by atoms with Crippen molar-refractivity contribution in [3.05, 3.63) is 81.2 Å². The van der Waals surface area contributed by atoms with Crippen LogP contribution in [0.3, 0.4) is 0 Å². The van der Waals surface area contributed by atoms with Gasteiger partial charge in [0.15, 0.2) is 11.6 Å². The van der Waals surface area contributed by atoms with Gasteiger partial charge in [-0.1, -0.05) is 23.4 Å². The number of aliphatic hydroxyl groups excluding tert-OH is 1. The summed E-state index contributed by atoms with van der Waals surface area (Å²) >= 11 is 1.20. The van der Waals surface area contributed by atoms with Crippen molar-refractivity contribution in [2.24, 2.45) is 0 Å². The van der Waals surface area contributed by atoms with Crippen molar-refractivity contribution in [1.82, 2.24) is 5.16 Å². The van der Waals surface area contributed by atoms with E-state index in [4.69, 9.17) is 4.52 Å². The maximum Gasteiger partial charge on any atom is 0.295 e. The van der Waals surface area contributed by atoms with E-state index in [0.29, 0.717) is 16.2 Å². The third-order valence-corrected chi connectivity index (χ3v) is 5.11. The molecule has 0 unspecified atom stereocenters. The van der Waals surface area contributed by atoms with E-state index in [1.54, 1.807) is 24.4 Å². The smallest absolute Gasteiger partial charge is 0.295 e. The zero-order chi connectivity index (χ0) is 19.1. The molecular weight excluding hydrogens is 371 g/mol. The minimum absolute atomic E-state index is 0.0743. The molecular formula is C19H13FN2O4S. The van der Waals surface area contributed by atoms with E-state index >= 15 is 0 Å². The summed E-state index contributed by atoms with van der Waals surface area (Å²) in [6.45, 7) is 1.66. The van der Waals surface area contributed by atoms with Crippen LogP contribution in [0.25, 0.3) is 0 Å². The summed E-state index contributed by atoms with van der Waals surface area (Å²) in [5, 5.41) is 16.1. The molecule has 1 atom stereocenters. The number of aromatic nitrogens is 1. The number of carbonyl (C=O) groups is 2. The molecule has 0 aliphatic carbocycles. The van der Waals surface area contributed by atoms with E-state index in [0.717, 1.165) is 0 Å². The van der Waals surface area contributed by atoms with Crippen molar-refractivity contribution in [3.8, 4) is 0 Å². The third-order valence-electron chi connectivity index (χ3n) is 4.25. The van der Waals surface area contributed by atoms with Crippen molar-refractivity contribution in [3.63, 3.8) is 0 Å². The topological polar surface area (TPSA) is 83.6 Å². The van der Waals surface area contributed by atoms with Gasteiger partial charge >= 0.3 is 0 Å².